The van der Waals surface area contributed by atoms with Gasteiger partial charge in [-0.1, -0.05) is 24.3 Å². The van der Waals surface area contributed by atoms with Gasteiger partial charge in [0.15, 0.2) is 0 Å². The van der Waals surface area contributed by atoms with Crippen LogP contribution in [0.25, 0.3) is 0 Å². The fourth-order valence-electron chi connectivity index (χ4n) is 2.54. The molecule has 0 spiro atoms. The van der Waals surface area contributed by atoms with Crippen molar-refractivity contribution in [3.05, 3.63) is 59.7 Å². The van der Waals surface area contributed by atoms with Crippen LogP contribution in [-0.4, -0.2) is 32.6 Å². The minimum absolute atomic E-state index is 0.235. The molecule has 0 heterocycles. The highest BCUT2D eigenvalue weighted by Gasteiger charge is 2.12. The fraction of sp³-hybridized carbons (Fsp3) is 0.368. The van der Waals surface area contributed by atoms with Crippen molar-refractivity contribution < 1.29 is 20.4 Å². The predicted molar refractivity (Wildman–Crippen MR) is 89.5 cm³/mol. The number of hydrogen-bond donors (Lipinski definition) is 4. The molecule has 0 amide bonds. The Morgan fingerprint density at radius 1 is 0.609 bits per heavy atom. The van der Waals surface area contributed by atoms with Crippen molar-refractivity contribution in [1.82, 2.24) is 0 Å². The van der Waals surface area contributed by atoms with Crippen molar-refractivity contribution in [1.29, 1.82) is 0 Å². The number of phenols is 2. The highest BCUT2D eigenvalue weighted by atomic mass is 16.3. The lowest BCUT2D eigenvalue weighted by molar-refractivity contribution is 0.0714. The summed E-state index contributed by atoms with van der Waals surface area (Å²) in [7, 11) is 0. The van der Waals surface area contributed by atoms with E-state index in [9.17, 15) is 20.4 Å². The number of aliphatic hydroxyl groups excluding tert-OH is 2. The van der Waals surface area contributed by atoms with Gasteiger partial charge in [0.05, 0.1) is 12.2 Å². The molecular formula is C19H24O4. The number of aryl methyl sites for hydroxylation is 2. The van der Waals surface area contributed by atoms with Crippen LogP contribution in [0.1, 0.15) is 30.4 Å². The van der Waals surface area contributed by atoms with Crippen LogP contribution in [0, 0.1) is 0 Å². The van der Waals surface area contributed by atoms with Gasteiger partial charge in [-0.3, -0.25) is 0 Å². The molecule has 2 aromatic rings. The van der Waals surface area contributed by atoms with Gasteiger partial charge >= 0.3 is 0 Å². The molecular weight excluding hydrogens is 292 g/mol. The number of aromatic hydroxyl groups is 2. The van der Waals surface area contributed by atoms with E-state index in [-0.39, 0.29) is 11.5 Å². The van der Waals surface area contributed by atoms with Crippen LogP contribution in [0.3, 0.4) is 0 Å². The van der Waals surface area contributed by atoms with E-state index in [2.05, 4.69) is 0 Å². The van der Waals surface area contributed by atoms with Crippen molar-refractivity contribution in [3.63, 3.8) is 0 Å². The lowest BCUT2D eigenvalue weighted by Gasteiger charge is -2.16. The molecule has 0 saturated carbocycles. The Balaban J connectivity index is 1.68. The van der Waals surface area contributed by atoms with Crippen molar-refractivity contribution in [2.24, 2.45) is 0 Å². The van der Waals surface area contributed by atoms with E-state index < -0.39 is 12.2 Å². The van der Waals surface area contributed by atoms with Crippen LogP contribution in [0.15, 0.2) is 48.5 Å². The van der Waals surface area contributed by atoms with Crippen LogP contribution >= 0.6 is 0 Å². The molecule has 4 N–H and O–H groups in total. The molecule has 0 saturated heterocycles. The van der Waals surface area contributed by atoms with Crippen molar-refractivity contribution in [2.75, 3.05) is 0 Å². The van der Waals surface area contributed by atoms with Gasteiger partial charge in [-0.2, -0.15) is 0 Å². The van der Waals surface area contributed by atoms with E-state index >= 15 is 0 Å². The van der Waals surface area contributed by atoms with Gasteiger partial charge in [0.1, 0.15) is 11.5 Å². The average Bonchev–Trinajstić information content (AvgIpc) is 2.54. The van der Waals surface area contributed by atoms with Gasteiger partial charge in [0.2, 0.25) is 0 Å². The molecule has 2 aromatic carbocycles. The molecule has 0 fully saturated rings. The van der Waals surface area contributed by atoms with E-state index in [1.807, 2.05) is 24.3 Å². The first kappa shape index (κ1) is 17.3. The normalized spacial score (nSPS) is 13.7. The number of hydrogen-bond acceptors (Lipinski definition) is 4. The zero-order chi connectivity index (χ0) is 16.7. The first-order valence-corrected chi connectivity index (χ1v) is 7.95. The zero-order valence-corrected chi connectivity index (χ0v) is 13.1. The Bertz CT molecular complexity index is 524. The summed E-state index contributed by atoms with van der Waals surface area (Å²) < 4.78 is 0. The molecule has 124 valence electrons. The predicted octanol–water partition coefficient (Wildman–Crippen LogP) is 2.78. The molecule has 0 aliphatic heterocycles. The minimum Gasteiger partial charge on any atom is -0.508 e. The smallest absolute Gasteiger partial charge is 0.115 e. The van der Waals surface area contributed by atoms with E-state index in [1.54, 1.807) is 24.3 Å². The van der Waals surface area contributed by atoms with Gasteiger partial charge in [-0.15, -0.1) is 0 Å². The SMILES string of the molecule is Oc1ccc(CC[C@@H](O)C[C@@H](O)CCc2ccc(O)cc2)cc1. The van der Waals surface area contributed by atoms with Gasteiger partial charge in [0.25, 0.3) is 0 Å². The average molecular weight is 316 g/mol. The molecule has 0 unspecified atom stereocenters. The maximum absolute atomic E-state index is 10.0. The van der Waals surface area contributed by atoms with E-state index in [4.69, 9.17) is 0 Å². The van der Waals surface area contributed by atoms with Crippen molar-refractivity contribution >= 4 is 0 Å². The molecule has 0 aliphatic carbocycles. The lowest BCUT2D eigenvalue weighted by atomic mass is 9.99. The Kier molecular flexibility index (Phi) is 6.44. The third-order valence-electron chi connectivity index (χ3n) is 3.95. The second kappa shape index (κ2) is 8.56. The quantitative estimate of drug-likeness (QED) is 0.604. The second-order valence-electron chi connectivity index (χ2n) is 5.95. The molecule has 4 heteroatoms. The minimum atomic E-state index is -0.543. The molecule has 0 aliphatic rings. The molecule has 2 rings (SSSR count). The van der Waals surface area contributed by atoms with E-state index in [0.717, 1.165) is 11.1 Å². The highest BCUT2D eigenvalue weighted by Crippen LogP contribution is 2.16. The maximum Gasteiger partial charge on any atom is 0.115 e. The summed E-state index contributed by atoms with van der Waals surface area (Å²) >= 11 is 0. The number of phenolic OH excluding ortho intramolecular Hbond substituents is 2. The number of aliphatic hydroxyl groups is 2. The Morgan fingerprint density at radius 2 is 0.957 bits per heavy atom. The molecule has 2 atom stereocenters. The standard InChI is InChI=1S/C19H24O4/c20-16-7-1-14(2-8-16)5-11-18(22)13-19(23)12-6-15-3-9-17(21)10-4-15/h1-4,7-10,18-23H,5-6,11-13H2/t18-,19+. The third kappa shape index (κ3) is 6.30. The van der Waals surface area contributed by atoms with Crippen LogP contribution in [-0.2, 0) is 12.8 Å². The highest BCUT2D eigenvalue weighted by molar-refractivity contribution is 5.26. The molecule has 0 aromatic heterocycles. The van der Waals surface area contributed by atoms with Gasteiger partial charge in [0, 0.05) is 0 Å². The summed E-state index contributed by atoms with van der Waals surface area (Å²) in [4.78, 5) is 0. The molecule has 0 bridgehead atoms. The van der Waals surface area contributed by atoms with Crippen molar-refractivity contribution in [3.8, 4) is 11.5 Å². The van der Waals surface area contributed by atoms with Gasteiger partial charge in [-0.25, -0.2) is 0 Å². The fourth-order valence-corrected chi connectivity index (χ4v) is 2.54. The number of benzene rings is 2. The monoisotopic (exact) mass is 316 g/mol. The summed E-state index contributed by atoms with van der Waals surface area (Å²) in [6.07, 6.45) is 1.87. The van der Waals surface area contributed by atoms with Gasteiger partial charge < -0.3 is 20.4 Å². The van der Waals surface area contributed by atoms with Gasteiger partial charge in [-0.05, 0) is 67.5 Å². The summed E-state index contributed by atoms with van der Waals surface area (Å²) in [5.41, 5.74) is 2.11. The zero-order valence-electron chi connectivity index (χ0n) is 13.1. The Hall–Kier alpha value is -2.04. The largest absolute Gasteiger partial charge is 0.508 e. The van der Waals surface area contributed by atoms with Crippen molar-refractivity contribution in [2.45, 2.75) is 44.3 Å². The summed E-state index contributed by atoms with van der Waals surface area (Å²) in [5.74, 6) is 0.470. The lowest BCUT2D eigenvalue weighted by Crippen LogP contribution is -2.19. The first-order valence-electron chi connectivity index (χ1n) is 7.95. The van der Waals surface area contributed by atoms with Crippen LogP contribution in [0.4, 0.5) is 0 Å². The van der Waals surface area contributed by atoms with Crippen LogP contribution in [0.2, 0.25) is 0 Å². The summed E-state index contributed by atoms with van der Waals surface area (Å²) in [6.45, 7) is 0. The molecule has 4 nitrogen and oxygen atoms in total. The van der Waals surface area contributed by atoms with E-state index in [1.165, 1.54) is 0 Å². The Labute approximate surface area is 136 Å². The number of rotatable bonds is 8. The first-order chi connectivity index (χ1) is 11.0. The second-order valence-corrected chi connectivity index (χ2v) is 5.95. The van der Waals surface area contributed by atoms with E-state index in [0.29, 0.717) is 32.1 Å². The summed E-state index contributed by atoms with van der Waals surface area (Å²) in [6, 6.07) is 13.9. The Morgan fingerprint density at radius 3 is 1.30 bits per heavy atom. The summed E-state index contributed by atoms with van der Waals surface area (Å²) in [5, 5.41) is 38.5. The van der Waals surface area contributed by atoms with Crippen LogP contribution < -0.4 is 0 Å². The van der Waals surface area contributed by atoms with Crippen LogP contribution in [0.5, 0.6) is 11.5 Å². The topological polar surface area (TPSA) is 80.9 Å². The molecule has 23 heavy (non-hydrogen) atoms. The third-order valence-corrected chi connectivity index (χ3v) is 3.95. The maximum atomic E-state index is 10.0. The molecule has 0 radical (unpaired) electrons.